The summed E-state index contributed by atoms with van der Waals surface area (Å²) < 4.78 is 31.6. The molecule has 0 heterocycles. The molecule has 5 N–H and O–H groups in total. The second kappa shape index (κ2) is 7.82. The van der Waals surface area contributed by atoms with E-state index in [1.165, 1.54) is 0 Å². The molecule has 0 amide bonds. The summed E-state index contributed by atoms with van der Waals surface area (Å²) in [6.07, 6.45) is 0. The summed E-state index contributed by atoms with van der Waals surface area (Å²) in [6.45, 7) is 0. The zero-order valence-electron chi connectivity index (χ0n) is 3.46. The van der Waals surface area contributed by atoms with Gasteiger partial charge in [-0.2, -0.15) is 8.42 Å². The first-order valence-electron chi connectivity index (χ1n) is 0.698. The van der Waals surface area contributed by atoms with Crippen molar-refractivity contribution in [1.82, 2.24) is 6.15 Å². The Morgan fingerprint density at radius 3 is 1.00 bits per heavy atom. The molecule has 8 heteroatoms. The first-order valence-corrected chi connectivity index (χ1v) is 2.10. The van der Waals surface area contributed by atoms with Crippen LogP contribution in [0.25, 0.3) is 0 Å². The molecule has 0 aromatic carbocycles. The molecule has 8 heavy (non-hydrogen) atoms. The van der Waals surface area contributed by atoms with Gasteiger partial charge < -0.3 is 6.15 Å². The molecule has 0 rings (SSSR count). The third-order valence-electron chi connectivity index (χ3n) is 0. The van der Waals surface area contributed by atoms with Crippen LogP contribution in [0.4, 0.5) is 0 Å². The van der Waals surface area contributed by atoms with Gasteiger partial charge in [-0.25, -0.2) is 0 Å². The van der Waals surface area contributed by atoms with Gasteiger partial charge in [0, 0.05) is 33.0 Å². The minimum Gasteiger partial charge on any atom is -0.344 e. The van der Waals surface area contributed by atoms with Crippen molar-refractivity contribution in [3.05, 3.63) is 0 Å². The summed E-state index contributed by atoms with van der Waals surface area (Å²) in [5.41, 5.74) is 0. The van der Waals surface area contributed by atoms with Gasteiger partial charge in [-0.1, -0.05) is 0 Å². The molecule has 0 aliphatic carbocycles. The molecule has 0 saturated carbocycles. The molecule has 0 aliphatic rings. The van der Waals surface area contributed by atoms with E-state index in [9.17, 15) is 0 Å². The average molecular weight is 232 g/mol. The van der Waals surface area contributed by atoms with E-state index in [-0.39, 0.29) is 39.1 Å². The van der Waals surface area contributed by atoms with Crippen molar-refractivity contribution in [3.8, 4) is 0 Å². The van der Waals surface area contributed by atoms with E-state index < -0.39 is 10.4 Å². The van der Waals surface area contributed by atoms with Crippen LogP contribution in [0.3, 0.4) is 0 Å². The summed E-state index contributed by atoms with van der Waals surface area (Å²) in [4.78, 5) is 0. The molecule has 0 bridgehead atoms. The Kier molecular flexibility index (Phi) is 22.7. The molecule has 60 valence electrons. The molecule has 0 radical (unpaired) electrons. The summed E-state index contributed by atoms with van der Waals surface area (Å²) in [5.74, 6) is 0. The van der Waals surface area contributed by atoms with Gasteiger partial charge in [0.25, 0.3) is 0 Å². The maximum atomic E-state index is 8.74. The van der Waals surface area contributed by atoms with E-state index in [0.29, 0.717) is 0 Å². The number of hydrogen-bond acceptors (Lipinski definition) is 3. The van der Waals surface area contributed by atoms with Crippen LogP contribution >= 0.6 is 0 Å². The number of hydrogen-bond donors (Lipinski definition) is 3. The Morgan fingerprint density at radius 2 is 1.00 bits per heavy atom. The molecule has 0 aromatic rings. The van der Waals surface area contributed by atoms with Crippen molar-refractivity contribution in [2.75, 3.05) is 0 Å². The van der Waals surface area contributed by atoms with Crippen molar-refractivity contribution < 1.29 is 50.5 Å². The van der Waals surface area contributed by atoms with E-state index >= 15 is 0 Å². The van der Waals surface area contributed by atoms with Gasteiger partial charge in [-0.3, -0.25) is 9.11 Å². The van der Waals surface area contributed by atoms with Crippen molar-refractivity contribution >= 4 is 10.4 Å². The minimum absolute atomic E-state index is 0. The third-order valence-corrected chi connectivity index (χ3v) is 0. The zero-order chi connectivity index (χ0) is 4.50. The van der Waals surface area contributed by atoms with Crippen LogP contribution in [0, 0.1) is 0 Å². The molecular formula is H5NNi2O4S. The van der Waals surface area contributed by atoms with E-state index in [2.05, 4.69) is 0 Å². The van der Waals surface area contributed by atoms with E-state index in [4.69, 9.17) is 17.5 Å². The van der Waals surface area contributed by atoms with Crippen molar-refractivity contribution in [2.45, 2.75) is 0 Å². The predicted octanol–water partition coefficient (Wildman–Crippen LogP) is -0.496. The molecule has 0 saturated heterocycles. The fourth-order valence-corrected chi connectivity index (χ4v) is 0. The normalized spacial score (nSPS) is 7.25. The molecule has 0 aliphatic heterocycles. The van der Waals surface area contributed by atoms with Crippen molar-refractivity contribution in [3.63, 3.8) is 0 Å². The van der Waals surface area contributed by atoms with Crippen molar-refractivity contribution in [1.29, 1.82) is 0 Å². The van der Waals surface area contributed by atoms with Gasteiger partial charge in [-0.15, -0.1) is 0 Å². The monoisotopic (exact) mass is 231 g/mol. The maximum absolute atomic E-state index is 8.74. The Hall–Kier alpha value is 0.817. The first-order chi connectivity index (χ1) is 2.00. The van der Waals surface area contributed by atoms with Crippen LogP contribution in [-0.2, 0) is 43.4 Å². The van der Waals surface area contributed by atoms with Crippen LogP contribution in [0.5, 0.6) is 0 Å². The smallest absolute Gasteiger partial charge is 0.344 e. The summed E-state index contributed by atoms with van der Waals surface area (Å²) in [7, 11) is -4.67. The summed E-state index contributed by atoms with van der Waals surface area (Å²) in [5, 5.41) is 0. The zero-order valence-corrected chi connectivity index (χ0v) is 6.25. The molecule has 0 atom stereocenters. The fraction of sp³-hybridized carbons (Fsp3) is 0. The van der Waals surface area contributed by atoms with Crippen molar-refractivity contribution in [2.24, 2.45) is 0 Å². The molecule has 0 aromatic heterocycles. The van der Waals surface area contributed by atoms with Crippen LogP contribution in [0.2, 0.25) is 0 Å². The maximum Gasteiger partial charge on any atom is 0.394 e. The molecular weight excluding hydrogens is 227 g/mol. The van der Waals surface area contributed by atoms with Crippen LogP contribution < -0.4 is 6.15 Å². The van der Waals surface area contributed by atoms with Gasteiger partial charge in [-0.05, 0) is 0 Å². The minimum atomic E-state index is -4.67. The fourth-order valence-electron chi connectivity index (χ4n) is 0. The standard InChI is InChI=1S/H3N.2Ni.H2O4S/c;;;1-5(2,3)4/h1H3;;;(H2,1,2,3,4). The van der Waals surface area contributed by atoms with Gasteiger partial charge in [0.2, 0.25) is 0 Å². The summed E-state index contributed by atoms with van der Waals surface area (Å²) >= 11 is 0. The Balaban J connectivity index is -0.0000000267. The second-order valence-electron chi connectivity index (χ2n) is 0.448. The van der Waals surface area contributed by atoms with Crippen LogP contribution in [0.1, 0.15) is 0 Å². The van der Waals surface area contributed by atoms with E-state index in [1.807, 2.05) is 0 Å². The molecule has 0 fully saturated rings. The second-order valence-corrected chi connectivity index (χ2v) is 1.34. The average Bonchev–Trinajstić information content (AvgIpc) is 0.722. The SMILES string of the molecule is N.O=S(=O)(O)O.[Ni].[Ni]. The Morgan fingerprint density at radius 1 is 1.00 bits per heavy atom. The molecule has 0 unspecified atom stereocenters. The Labute approximate surface area is 67.2 Å². The Bertz CT molecular complexity index is 97.2. The van der Waals surface area contributed by atoms with Gasteiger partial charge in [0.05, 0.1) is 0 Å². The van der Waals surface area contributed by atoms with Gasteiger partial charge >= 0.3 is 10.4 Å². The predicted molar refractivity (Wildman–Crippen MR) is 19.2 cm³/mol. The molecule has 0 spiro atoms. The van der Waals surface area contributed by atoms with Crippen LogP contribution in [0.15, 0.2) is 0 Å². The quantitative estimate of drug-likeness (QED) is 0.385. The molecule has 5 nitrogen and oxygen atoms in total. The van der Waals surface area contributed by atoms with Crippen LogP contribution in [-0.4, -0.2) is 17.5 Å². The number of rotatable bonds is 0. The first kappa shape index (κ1) is 23.2. The topological polar surface area (TPSA) is 110 Å². The largest absolute Gasteiger partial charge is 0.394 e. The van der Waals surface area contributed by atoms with Gasteiger partial charge in [0.15, 0.2) is 0 Å². The van der Waals surface area contributed by atoms with E-state index in [1.54, 1.807) is 0 Å². The van der Waals surface area contributed by atoms with Gasteiger partial charge in [0.1, 0.15) is 0 Å². The van der Waals surface area contributed by atoms with E-state index in [0.717, 1.165) is 0 Å². The summed E-state index contributed by atoms with van der Waals surface area (Å²) in [6, 6.07) is 0. The third kappa shape index (κ3) is 346.